The molecule has 0 spiro atoms. The van der Waals surface area contributed by atoms with Crippen LogP contribution in [0.3, 0.4) is 0 Å². The largest absolute Gasteiger partial charge is 0.468 e. The fraction of sp³-hybridized carbons (Fsp3) is 0.333. The standard InChI is InChI=1S/C24H23FN4O4/c1-13-27-18-8-7-14(25)11-16(18)22(31)28(13)9-10-29-23(32)20(21(26)30)17-12-24(29,2)33-19-6-4-3-5-15(17)19/h3-8,11,17,20H,9-10,12H2,1-2H3,(H2,26,30). The lowest BCUT2D eigenvalue weighted by Crippen LogP contribution is -2.65. The molecular weight excluding hydrogens is 427 g/mol. The van der Waals surface area contributed by atoms with Crippen molar-refractivity contribution in [3.63, 3.8) is 0 Å². The number of hydrogen-bond donors (Lipinski definition) is 1. The summed E-state index contributed by atoms with van der Waals surface area (Å²) >= 11 is 0. The summed E-state index contributed by atoms with van der Waals surface area (Å²) in [5.41, 5.74) is 5.45. The van der Waals surface area contributed by atoms with Crippen molar-refractivity contribution in [3.05, 3.63) is 70.0 Å². The molecule has 0 saturated carbocycles. The number of carbonyl (C=O) groups is 2. The molecule has 33 heavy (non-hydrogen) atoms. The van der Waals surface area contributed by atoms with E-state index >= 15 is 0 Å². The number of carbonyl (C=O) groups excluding carboxylic acids is 2. The fourth-order valence-corrected chi connectivity index (χ4v) is 5.15. The molecule has 1 saturated heterocycles. The predicted molar refractivity (Wildman–Crippen MR) is 118 cm³/mol. The minimum absolute atomic E-state index is 0.0945. The number of benzene rings is 2. The number of para-hydroxylation sites is 1. The first-order valence-electron chi connectivity index (χ1n) is 10.7. The van der Waals surface area contributed by atoms with E-state index in [2.05, 4.69) is 4.98 Å². The molecule has 0 aliphatic carbocycles. The van der Waals surface area contributed by atoms with Crippen LogP contribution in [0.5, 0.6) is 5.75 Å². The van der Waals surface area contributed by atoms with Gasteiger partial charge in [0.1, 0.15) is 23.3 Å². The number of piperidine rings is 1. The second-order valence-corrected chi connectivity index (χ2v) is 8.77. The number of halogens is 1. The highest BCUT2D eigenvalue weighted by Gasteiger charge is 2.55. The maximum absolute atomic E-state index is 13.7. The molecule has 2 aromatic carbocycles. The Kier molecular flexibility index (Phi) is 4.73. The summed E-state index contributed by atoms with van der Waals surface area (Å²) in [5, 5.41) is 0.162. The second kappa shape index (κ2) is 7.40. The number of aromatic nitrogens is 2. The average Bonchev–Trinajstić information content (AvgIpc) is 2.75. The number of likely N-dealkylation sites (tertiary alicyclic amines) is 1. The summed E-state index contributed by atoms with van der Waals surface area (Å²) in [7, 11) is 0. The van der Waals surface area contributed by atoms with Crippen molar-refractivity contribution in [2.75, 3.05) is 6.54 Å². The van der Waals surface area contributed by atoms with Gasteiger partial charge in [0, 0.05) is 25.4 Å². The van der Waals surface area contributed by atoms with E-state index in [1.54, 1.807) is 13.8 Å². The quantitative estimate of drug-likeness (QED) is 0.613. The molecule has 8 nitrogen and oxygen atoms in total. The van der Waals surface area contributed by atoms with Crippen LogP contribution in [-0.2, 0) is 16.1 Å². The summed E-state index contributed by atoms with van der Waals surface area (Å²) in [6.45, 7) is 3.68. The summed E-state index contributed by atoms with van der Waals surface area (Å²) in [5.74, 6) is -2.00. The minimum Gasteiger partial charge on any atom is -0.468 e. The van der Waals surface area contributed by atoms with Crippen molar-refractivity contribution in [3.8, 4) is 5.75 Å². The fourth-order valence-electron chi connectivity index (χ4n) is 5.15. The highest BCUT2D eigenvalue weighted by molar-refractivity contribution is 6.01. The van der Waals surface area contributed by atoms with Gasteiger partial charge >= 0.3 is 0 Å². The zero-order chi connectivity index (χ0) is 23.5. The Morgan fingerprint density at radius 1 is 1.24 bits per heavy atom. The first kappa shape index (κ1) is 21.1. The highest BCUT2D eigenvalue weighted by Crippen LogP contribution is 2.49. The van der Waals surface area contributed by atoms with Crippen LogP contribution in [0.25, 0.3) is 10.9 Å². The molecular formula is C24H23FN4O4. The first-order chi connectivity index (χ1) is 15.7. The molecule has 2 amide bonds. The maximum atomic E-state index is 13.7. The number of hydrogen-bond acceptors (Lipinski definition) is 5. The number of rotatable bonds is 4. The van der Waals surface area contributed by atoms with Crippen LogP contribution < -0.4 is 16.0 Å². The second-order valence-electron chi connectivity index (χ2n) is 8.77. The molecule has 3 unspecified atom stereocenters. The van der Waals surface area contributed by atoms with E-state index in [9.17, 15) is 18.8 Å². The molecule has 1 aromatic heterocycles. The number of nitrogens with two attached hydrogens (primary N) is 1. The number of primary amides is 1. The van der Waals surface area contributed by atoms with Crippen LogP contribution >= 0.6 is 0 Å². The lowest BCUT2D eigenvalue weighted by atomic mass is 9.73. The molecule has 3 atom stereocenters. The molecule has 5 rings (SSSR count). The molecule has 1 fully saturated rings. The zero-order valence-corrected chi connectivity index (χ0v) is 18.2. The van der Waals surface area contributed by atoms with E-state index in [1.165, 1.54) is 21.6 Å². The van der Waals surface area contributed by atoms with Gasteiger partial charge in [-0.15, -0.1) is 0 Å². The van der Waals surface area contributed by atoms with E-state index in [1.807, 2.05) is 24.3 Å². The van der Waals surface area contributed by atoms with E-state index in [0.717, 1.165) is 11.6 Å². The van der Waals surface area contributed by atoms with Crippen LogP contribution in [0.15, 0.2) is 47.3 Å². The van der Waals surface area contributed by atoms with Gasteiger partial charge in [-0.05, 0) is 43.7 Å². The lowest BCUT2D eigenvalue weighted by molar-refractivity contribution is -0.175. The number of ether oxygens (including phenoxy) is 1. The van der Waals surface area contributed by atoms with E-state index < -0.39 is 34.8 Å². The minimum atomic E-state index is -1.02. The van der Waals surface area contributed by atoms with Crippen LogP contribution in [0.1, 0.15) is 30.7 Å². The Bertz CT molecular complexity index is 1370. The molecule has 2 aliphatic rings. The van der Waals surface area contributed by atoms with Gasteiger partial charge in [-0.2, -0.15) is 0 Å². The zero-order valence-electron chi connectivity index (χ0n) is 18.2. The SMILES string of the molecule is Cc1nc2ccc(F)cc2c(=O)n1CCN1C(=O)C(C(N)=O)C2CC1(C)Oc1ccccc12. The van der Waals surface area contributed by atoms with Gasteiger partial charge < -0.3 is 15.4 Å². The molecule has 0 radical (unpaired) electrons. The third-order valence-electron chi connectivity index (χ3n) is 6.71. The van der Waals surface area contributed by atoms with Crippen molar-refractivity contribution in [2.45, 2.75) is 38.5 Å². The van der Waals surface area contributed by atoms with Gasteiger partial charge in [-0.3, -0.25) is 19.0 Å². The molecule has 9 heteroatoms. The van der Waals surface area contributed by atoms with Crippen LogP contribution in [0.4, 0.5) is 4.39 Å². The van der Waals surface area contributed by atoms with Gasteiger partial charge in [-0.25, -0.2) is 9.37 Å². The highest BCUT2D eigenvalue weighted by atomic mass is 19.1. The third kappa shape index (κ3) is 3.26. The maximum Gasteiger partial charge on any atom is 0.261 e. The van der Waals surface area contributed by atoms with Crippen LogP contribution in [0, 0.1) is 18.7 Å². The summed E-state index contributed by atoms with van der Waals surface area (Å²) in [6, 6.07) is 11.2. The van der Waals surface area contributed by atoms with E-state index in [0.29, 0.717) is 23.5 Å². The molecule has 2 N–H and O–H groups in total. The Labute approximate surface area is 188 Å². The van der Waals surface area contributed by atoms with Gasteiger partial charge in [0.15, 0.2) is 5.72 Å². The smallest absolute Gasteiger partial charge is 0.261 e. The Balaban J connectivity index is 1.52. The lowest BCUT2D eigenvalue weighted by Gasteiger charge is -2.52. The van der Waals surface area contributed by atoms with Crippen LogP contribution in [-0.4, -0.2) is 38.5 Å². The number of nitrogens with zero attached hydrogens (tertiary/aromatic N) is 3. The van der Waals surface area contributed by atoms with Crippen LogP contribution in [0.2, 0.25) is 0 Å². The number of aryl methyl sites for hydroxylation is 1. The first-order valence-corrected chi connectivity index (χ1v) is 10.7. The van der Waals surface area contributed by atoms with Crippen molar-refractivity contribution in [1.82, 2.24) is 14.5 Å². The Morgan fingerprint density at radius 3 is 2.76 bits per heavy atom. The normalized spacial score (nSPS) is 23.8. The van der Waals surface area contributed by atoms with Crippen molar-refractivity contribution in [1.29, 1.82) is 0 Å². The molecule has 2 aliphatic heterocycles. The molecule has 170 valence electrons. The van der Waals surface area contributed by atoms with Gasteiger partial charge in [0.25, 0.3) is 5.56 Å². The molecule has 2 bridgehead atoms. The molecule has 3 heterocycles. The Hall–Kier alpha value is -3.75. The van der Waals surface area contributed by atoms with E-state index in [-0.39, 0.29) is 24.4 Å². The predicted octanol–water partition coefficient (Wildman–Crippen LogP) is 2.07. The number of fused-ring (bicyclic) bond motifs is 5. The summed E-state index contributed by atoms with van der Waals surface area (Å²) < 4.78 is 21.4. The average molecular weight is 450 g/mol. The van der Waals surface area contributed by atoms with E-state index in [4.69, 9.17) is 10.5 Å². The van der Waals surface area contributed by atoms with Crippen molar-refractivity contribution in [2.24, 2.45) is 11.7 Å². The summed E-state index contributed by atoms with van der Waals surface area (Å²) in [4.78, 5) is 44.7. The monoisotopic (exact) mass is 450 g/mol. The topological polar surface area (TPSA) is 108 Å². The van der Waals surface area contributed by atoms with Gasteiger partial charge in [0.2, 0.25) is 11.8 Å². The van der Waals surface area contributed by atoms with Gasteiger partial charge in [-0.1, -0.05) is 18.2 Å². The third-order valence-corrected chi connectivity index (χ3v) is 6.71. The Morgan fingerprint density at radius 2 is 2.00 bits per heavy atom. The number of amides is 2. The summed E-state index contributed by atoms with van der Waals surface area (Å²) in [6.07, 6.45) is 0.401. The molecule has 3 aromatic rings. The van der Waals surface area contributed by atoms with Crippen molar-refractivity contribution < 1.29 is 18.7 Å². The van der Waals surface area contributed by atoms with Crippen molar-refractivity contribution >= 4 is 22.7 Å². The van der Waals surface area contributed by atoms with Gasteiger partial charge in [0.05, 0.1) is 10.9 Å².